The van der Waals surface area contributed by atoms with Crippen molar-refractivity contribution in [2.45, 2.75) is 25.8 Å². The van der Waals surface area contributed by atoms with Crippen LogP contribution in [0, 0.1) is 6.92 Å². The lowest BCUT2D eigenvalue weighted by Crippen LogP contribution is -2.33. The number of anilines is 1. The van der Waals surface area contributed by atoms with E-state index >= 15 is 0 Å². The summed E-state index contributed by atoms with van der Waals surface area (Å²) in [6.07, 6.45) is 0. The average Bonchev–Trinajstić information content (AvgIpc) is 2.45. The number of nitrogens with one attached hydrogen (secondary N) is 1. The third kappa shape index (κ3) is 3.58. The highest BCUT2D eigenvalue weighted by molar-refractivity contribution is 5.47. The molecule has 0 bridgehead atoms. The summed E-state index contributed by atoms with van der Waals surface area (Å²) in [7, 11) is 0. The van der Waals surface area contributed by atoms with Crippen LogP contribution in [-0.4, -0.2) is 12.6 Å². The molecular formula is C17H22N2. The van der Waals surface area contributed by atoms with Crippen molar-refractivity contribution < 1.29 is 0 Å². The molecule has 2 aromatic carbocycles. The molecule has 0 heterocycles. The zero-order valence-electron chi connectivity index (χ0n) is 11.6. The summed E-state index contributed by atoms with van der Waals surface area (Å²) in [5, 5.41) is 3.54. The zero-order valence-corrected chi connectivity index (χ0v) is 11.6. The summed E-state index contributed by atoms with van der Waals surface area (Å²) in [4.78, 5) is 0. The SMILES string of the molecule is Cc1cccc(NC(CN)C(C)c2ccccc2)c1. The quantitative estimate of drug-likeness (QED) is 0.856. The minimum Gasteiger partial charge on any atom is -0.380 e. The molecule has 0 aliphatic rings. The number of rotatable bonds is 5. The molecule has 0 saturated heterocycles. The number of hydrogen-bond donors (Lipinski definition) is 2. The number of hydrogen-bond acceptors (Lipinski definition) is 2. The van der Waals surface area contributed by atoms with Gasteiger partial charge in [-0.3, -0.25) is 0 Å². The monoisotopic (exact) mass is 254 g/mol. The normalized spacial score (nSPS) is 13.8. The maximum Gasteiger partial charge on any atom is 0.0449 e. The largest absolute Gasteiger partial charge is 0.380 e. The Hall–Kier alpha value is -1.80. The zero-order chi connectivity index (χ0) is 13.7. The van der Waals surface area contributed by atoms with E-state index in [4.69, 9.17) is 5.73 Å². The third-order valence-electron chi connectivity index (χ3n) is 3.55. The average molecular weight is 254 g/mol. The smallest absolute Gasteiger partial charge is 0.0449 e. The van der Waals surface area contributed by atoms with Gasteiger partial charge < -0.3 is 11.1 Å². The molecule has 0 amide bonds. The van der Waals surface area contributed by atoms with Crippen LogP contribution in [0.1, 0.15) is 24.0 Å². The van der Waals surface area contributed by atoms with Gasteiger partial charge in [0.1, 0.15) is 0 Å². The van der Waals surface area contributed by atoms with Crippen molar-refractivity contribution in [2.24, 2.45) is 5.73 Å². The van der Waals surface area contributed by atoms with Gasteiger partial charge in [-0.1, -0.05) is 49.4 Å². The molecule has 2 rings (SSSR count). The van der Waals surface area contributed by atoms with Gasteiger partial charge in [0.2, 0.25) is 0 Å². The summed E-state index contributed by atoms with van der Waals surface area (Å²) in [5.41, 5.74) is 9.65. The van der Waals surface area contributed by atoms with Crippen molar-refractivity contribution in [1.82, 2.24) is 0 Å². The Balaban J connectivity index is 2.12. The van der Waals surface area contributed by atoms with Gasteiger partial charge in [-0.2, -0.15) is 0 Å². The Morgan fingerprint density at radius 3 is 2.42 bits per heavy atom. The molecule has 2 unspecified atom stereocenters. The van der Waals surface area contributed by atoms with E-state index in [1.807, 2.05) is 6.07 Å². The first-order chi connectivity index (χ1) is 9.20. The molecule has 0 saturated carbocycles. The number of nitrogens with two attached hydrogens (primary N) is 1. The molecule has 100 valence electrons. The van der Waals surface area contributed by atoms with Crippen LogP contribution < -0.4 is 11.1 Å². The Kier molecular flexibility index (Phi) is 4.58. The first-order valence-electron chi connectivity index (χ1n) is 6.79. The summed E-state index contributed by atoms with van der Waals surface area (Å²) < 4.78 is 0. The fourth-order valence-corrected chi connectivity index (χ4v) is 2.33. The number of benzene rings is 2. The summed E-state index contributed by atoms with van der Waals surface area (Å²) in [6.45, 7) is 4.93. The van der Waals surface area contributed by atoms with Crippen molar-refractivity contribution in [3.8, 4) is 0 Å². The molecule has 2 aromatic rings. The van der Waals surface area contributed by atoms with Crippen molar-refractivity contribution in [2.75, 3.05) is 11.9 Å². The lowest BCUT2D eigenvalue weighted by molar-refractivity contribution is 0.611. The lowest BCUT2D eigenvalue weighted by Gasteiger charge is -2.25. The van der Waals surface area contributed by atoms with E-state index in [-0.39, 0.29) is 6.04 Å². The number of aryl methyl sites for hydroxylation is 1. The van der Waals surface area contributed by atoms with E-state index in [1.54, 1.807) is 0 Å². The van der Waals surface area contributed by atoms with Crippen LogP contribution in [0.2, 0.25) is 0 Å². The van der Waals surface area contributed by atoms with Crippen LogP contribution in [0.25, 0.3) is 0 Å². The van der Waals surface area contributed by atoms with E-state index in [0.717, 1.165) is 5.69 Å². The van der Waals surface area contributed by atoms with Gasteiger partial charge in [0.05, 0.1) is 0 Å². The minimum atomic E-state index is 0.240. The predicted octanol–water partition coefficient (Wildman–Crippen LogP) is 3.54. The molecule has 0 aromatic heterocycles. The molecule has 0 radical (unpaired) electrons. The van der Waals surface area contributed by atoms with Gasteiger partial charge in [-0.05, 0) is 30.2 Å². The fraction of sp³-hybridized carbons (Fsp3) is 0.294. The second kappa shape index (κ2) is 6.39. The topological polar surface area (TPSA) is 38.0 Å². The first-order valence-corrected chi connectivity index (χ1v) is 6.79. The maximum atomic E-state index is 5.93. The van der Waals surface area contributed by atoms with Crippen molar-refractivity contribution in [3.05, 3.63) is 65.7 Å². The Morgan fingerprint density at radius 2 is 1.79 bits per heavy atom. The van der Waals surface area contributed by atoms with Gasteiger partial charge in [0.15, 0.2) is 0 Å². The Bertz CT molecular complexity index is 508. The van der Waals surface area contributed by atoms with Crippen LogP contribution in [0.5, 0.6) is 0 Å². The summed E-state index contributed by atoms with van der Waals surface area (Å²) in [5.74, 6) is 0.381. The standard InChI is InChI=1S/C17H22N2/c1-13-7-6-10-16(11-13)19-17(12-18)14(2)15-8-4-3-5-9-15/h3-11,14,17,19H,12,18H2,1-2H3. The van der Waals surface area contributed by atoms with Crippen molar-refractivity contribution in [1.29, 1.82) is 0 Å². The highest BCUT2D eigenvalue weighted by Gasteiger charge is 2.17. The summed E-state index contributed by atoms with van der Waals surface area (Å²) >= 11 is 0. The van der Waals surface area contributed by atoms with Gasteiger partial charge in [-0.15, -0.1) is 0 Å². The van der Waals surface area contributed by atoms with Gasteiger partial charge >= 0.3 is 0 Å². The van der Waals surface area contributed by atoms with Gasteiger partial charge in [0.25, 0.3) is 0 Å². The van der Waals surface area contributed by atoms with Crippen LogP contribution in [0.4, 0.5) is 5.69 Å². The molecule has 19 heavy (non-hydrogen) atoms. The van der Waals surface area contributed by atoms with Gasteiger partial charge in [-0.25, -0.2) is 0 Å². The molecule has 2 heteroatoms. The molecule has 2 nitrogen and oxygen atoms in total. The second-order valence-corrected chi connectivity index (χ2v) is 5.06. The maximum absolute atomic E-state index is 5.93. The van der Waals surface area contributed by atoms with Crippen LogP contribution in [-0.2, 0) is 0 Å². The minimum absolute atomic E-state index is 0.240. The van der Waals surface area contributed by atoms with Crippen molar-refractivity contribution >= 4 is 5.69 Å². The van der Waals surface area contributed by atoms with Crippen LogP contribution in [0.15, 0.2) is 54.6 Å². The predicted molar refractivity (Wildman–Crippen MR) is 82.5 cm³/mol. The van der Waals surface area contributed by atoms with E-state index in [0.29, 0.717) is 12.5 Å². The fourth-order valence-electron chi connectivity index (χ4n) is 2.33. The second-order valence-electron chi connectivity index (χ2n) is 5.06. The third-order valence-corrected chi connectivity index (χ3v) is 3.55. The lowest BCUT2D eigenvalue weighted by atomic mass is 9.93. The molecule has 0 fully saturated rings. The molecule has 0 aliphatic carbocycles. The molecule has 0 aliphatic heterocycles. The molecule has 2 atom stereocenters. The molecular weight excluding hydrogens is 232 g/mol. The van der Waals surface area contributed by atoms with E-state index in [1.165, 1.54) is 11.1 Å². The molecule has 0 spiro atoms. The van der Waals surface area contributed by atoms with Crippen LogP contribution >= 0.6 is 0 Å². The first kappa shape index (κ1) is 13.6. The molecule has 3 N–H and O–H groups in total. The highest BCUT2D eigenvalue weighted by atomic mass is 14.9. The highest BCUT2D eigenvalue weighted by Crippen LogP contribution is 2.22. The van der Waals surface area contributed by atoms with Gasteiger partial charge in [0, 0.05) is 24.2 Å². The Morgan fingerprint density at radius 1 is 1.05 bits per heavy atom. The van der Waals surface area contributed by atoms with E-state index < -0.39 is 0 Å². The Labute approximate surface area is 115 Å². The van der Waals surface area contributed by atoms with E-state index in [9.17, 15) is 0 Å². The summed E-state index contributed by atoms with van der Waals surface area (Å²) in [6, 6.07) is 19.2. The van der Waals surface area contributed by atoms with Crippen LogP contribution in [0.3, 0.4) is 0 Å². The van der Waals surface area contributed by atoms with E-state index in [2.05, 4.69) is 67.7 Å². The van der Waals surface area contributed by atoms with Crippen molar-refractivity contribution in [3.63, 3.8) is 0 Å².